The van der Waals surface area contributed by atoms with Crippen molar-refractivity contribution >= 4 is 38.6 Å². The molecular formula is C18H20ClFN6O2S. The van der Waals surface area contributed by atoms with Gasteiger partial charge in [-0.15, -0.1) is 0 Å². The van der Waals surface area contributed by atoms with Crippen LogP contribution in [-0.4, -0.2) is 41.0 Å². The van der Waals surface area contributed by atoms with Crippen molar-refractivity contribution in [1.82, 2.24) is 24.2 Å². The van der Waals surface area contributed by atoms with Gasteiger partial charge in [0.25, 0.3) is 0 Å². The molecule has 0 unspecified atom stereocenters. The van der Waals surface area contributed by atoms with Gasteiger partial charge in [-0.25, -0.2) is 22.5 Å². The Kier molecular flexibility index (Phi) is 5.66. The Morgan fingerprint density at radius 1 is 1.14 bits per heavy atom. The lowest BCUT2D eigenvalue weighted by atomic mass is 10.2. The molecule has 0 amide bonds. The van der Waals surface area contributed by atoms with Gasteiger partial charge < -0.3 is 9.88 Å². The topological polar surface area (TPSA) is 102 Å². The third kappa shape index (κ3) is 4.34. The van der Waals surface area contributed by atoms with Crippen LogP contribution < -0.4 is 10.0 Å². The van der Waals surface area contributed by atoms with Gasteiger partial charge in [-0.05, 0) is 48.7 Å². The zero-order valence-electron chi connectivity index (χ0n) is 15.5. The number of nitrogens with one attached hydrogen (secondary N) is 2. The summed E-state index contributed by atoms with van der Waals surface area (Å²) in [5, 5.41) is 3.17. The summed E-state index contributed by atoms with van der Waals surface area (Å²) in [6, 6.07) is 5.00. The van der Waals surface area contributed by atoms with Gasteiger partial charge in [0, 0.05) is 19.1 Å². The molecule has 0 spiro atoms. The lowest BCUT2D eigenvalue weighted by Crippen LogP contribution is -2.29. The minimum absolute atomic E-state index is 0.00155. The molecule has 1 aliphatic rings. The quantitative estimate of drug-likeness (QED) is 0.434. The van der Waals surface area contributed by atoms with Crippen molar-refractivity contribution in [1.29, 1.82) is 0 Å². The average molecular weight is 439 g/mol. The van der Waals surface area contributed by atoms with Gasteiger partial charge >= 0.3 is 0 Å². The van der Waals surface area contributed by atoms with E-state index in [1.165, 1.54) is 25.0 Å². The molecule has 1 aromatic carbocycles. The SMILES string of the molecule is O=S(=O)(NCCNc1nc(Cl)nc2c1ncn2C1CCCC1)c1ccc(F)cc1. The summed E-state index contributed by atoms with van der Waals surface area (Å²) in [5.74, 6) is -0.0370. The first-order valence-corrected chi connectivity index (χ1v) is 11.2. The van der Waals surface area contributed by atoms with E-state index >= 15 is 0 Å². The van der Waals surface area contributed by atoms with Crippen molar-refractivity contribution in [2.45, 2.75) is 36.6 Å². The maximum Gasteiger partial charge on any atom is 0.240 e. The monoisotopic (exact) mass is 438 g/mol. The molecule has 3 aromatic rings. The molecular weight excluding hydrogens is 419 g/mol. The van der Waals surface area contributed by atoms with Crippen LogP contribution in [-0.2, 0) is 10.0 Å². The molecule has 8 nitrogen and oxygen atoms in total. The summed E-state index contributed by atoms with van der Waals surface area (Å²) in [7, 11) is -3.72. The summed E-state index contributed by atoms with van der Waals surface area (Å²) in [4.78, 5) is 13.0. The molecule has 4 rings (SSSR count). The molecule has 154 valence electrons. The number of hydrogen-bond acceptors (Lipinski definition) is 6. The van der Waals surface area contributed by atoms with E-state index in [0.29, 0.717) is 23.0 Å². The second kappa shape index (κ2) is 8.21. The lowest BCUT2D eigenvalue weighted by molar-refractivity contribution is 0.529. The average Bonchev–Trinajstić information content (AvgIpc) is 3.35. The predicted octanol–water partition coefficient (Wildman–Crippen LogP) is 3.12. The van der Waals surface area contributed by atoms with Gasteiger partial charge in [0.2, 0.25) is 15.3 Å². The Bertz CT molecular complexity index is 1110. The second-order valence-electron chi connectivity index (χ2n) is 6.88. The summed E-state index contributed by atoms with van der Waals surface area (Å²) < 4.78 is 42.0. The van der Waals surface area contributed by atoms with Crippen molar-refractivity contribution < 1.29 is 12.8 Å². The van der Waals surface area contributed by atoms with Gasteiger partial charge in [0.1, 0.15) is 5.82 Å². The standard InChI is InChI=1S/C18H20ClFN6O2S/c19-18-24-16(15-17(25-18)26(11-22-15)13-3-1-2-4-13)21-9-10-23-29(27,28)14-7-5-12(20)6-8-14/h5-8,11,13,23H,1-4,9-10H2,(H,21,24,25). The molecule has 1 fully saturated rings. The smallest absolute Gasteiger partial charge is 0.240 e. The molecule has 2 N–H and O–H groups in total. The highest BCUT2D eigenvalue weighted by atomic mass is 35.5. The van der Waals surface area contributed by atoms with Crippen molar-refractivity contribution in [3.05, 3.63) is 41.7 Å². The number of rotatable bonds is 7. The fourth-order valence-corrected chi connectivity index (χ4v) is 4.72. The molecule has 0 aliphatic heterocycles. The van der Waals surface area contributed by atoms with E-state index in [9.17, 15) is 12.8 Å². The van der Waals surface area contributed by atoms with E-state index in [0.717, 1.165) is 25.0 Å². The first-order chi connectivity index (χ1) is 13.9. The van der Waals surface area contributed by atoms with E-state index < -0.39 is 15.8 Å². The van der Waals surface area contributed by atoms with Gasteiger partial charge in [0.15, 0.2) is 17.0 Å². The van der Waals surface area contributed by atoms with Crippen molar-refractivity contribution in [3.63, 3.8) is 0 Å². The molecule has 11 heteroatoms. The molecule has 2 aromatic heterocycles. The van der Waals surface area contributed by atoms with Crippen LogP contribution in [0.4, 0.5) is 10.2 Å². The zero-order valence-corrected chi connectivity index (χ0v) is 17.0. The van der Waals surface area contributed by atoms with Gasteiger partial charge in [-0.1, -0.05) is 12.8 Å². The number of nitrogens with zero attached hydrogens (tertiary/aromatic N) is 4. The summed E-state index contributed by atoms with van der Waals surface area (Å²) in [5.41, 5.74) is 1.27. The molecule has 2 heterocycles. The minimum Gasteiger partial charge on any atom is -0.367 e. The van der Waals surface area contributed by atoms with Crippen LogP contribution in [0.1, 0.15) is 31.7 Å². The highest BCUT2D eigenvalue weighted by molar-refractivity contribution is 7.89. The van der Waals surface area contributed by atoms with Crippen LogP contribution in [0.5, 0.6) is 0 Å². The van der Waals surface area contributed by atoms with Crippen LogP contribution in [0, 0.1) is 5.82 Å². The van der Waals surface area contributed by atoms with Crippen LogP contribution in [0.15, 0.2) is 35.5 Å². The number of sulfonamides is 1. The summed E-state index contributed by atoms with van der Waals surface area (Å²) in [6.07, 6.45) is 6.29. The number of aromatic nitrogens is 4. The number of halogens is 2. The number of imidazole rings is 1. The highest BCUT2D eigenvalue weighted by Gasteiger charge is 2.21. The predicted molar refractivity (Wildman–Crippen MR) is 108 cm³/mol. The number of hydrogen-bond donors (Lipinski definition) is 2. The summed E-state index contributed by atoms with van der Waals surface area (Å²) >= 11 is 6.09. The Morgan fingerprint density at radius 3 is 2.59 bits per heavy atom. The molecule has 1 saturated carbocycles. The van der Waals surface area contributed by atoms with E-state index in [2.05, 4.69) is 25.0 Å². The van der Waals surface area contributed by atoms with Crippen LogP contribution >= 0.6 is 11.6 Å². The molecule has 29 heavy (non-hydrogen) atoms. The molecule has 0 bridgehead atoms. The maximum atomic E-state index is 13.0. The normalized spacial score (nSPS) is 15.2. The van der Waals surface area contributed by atoms with Crippen molar-refractivity contribution in [3.8, 4) is 0 Å². The Hall–Kier alpha value is -2.30. The first-order valence-electron chi connectivity index (χ1n) is 9.33. The molecule has 0 atom stereocenters. The Labute approximate surface area is 172 Å². The zero-order chi connectivity index (χ0) is 20.4. The first kappa shape index (κ1) is 20.0. The fraction of sp³-hybridized carbons (Fsp3) is 0.389. The van der Waals surface area contributed by atoms with Crippen molar-refractivity contribution in [2.75, 3.05) is 18.4 Å². The second-order valence-corrected chi connectivity index (χ2v) is 8.99. The molecule has 0 radical (unpaired) electrons. The van der Waals surface area contributed by atoms with E-state index in [1.807, 2.05) is 4.57 Å². The fourth-order valence-electron chi connectivity index (χ4n) is 3.53. The third-order valence-electron chi connectivity index (χ3n) is 4.95. The third-order valence-corrected chi connectivity index (χ3v) is 6.59. The Balaban J connectivity index is 1.44. The number of fused-ring (bicyclic) bond motifs is 1. The summed E-state index contributed by atoms with van der Waals surface area (Å²) in [6.45, 7) is 0.366. The van der Waals surface area contributed by atoms with E-state index in [1.54, 1.807) is 6.33 Å². The lowest BCUT2D eigenvalue weighted by Gasteiger charge is -2.12. The number of anilines is 1. The molecule has 0 saturated heterocycles. The Morgan fingerprint density at radius 2 is 1.86 bits per heavy atom. The van der Waals surface area contributed by atoms with Gasteiger partial charge in [0.05, 0.1) is 11.2 Å². The van der Waals surface area contributed by atoms with E-state index in [4.69, 9.17) is 11.6 Å². The highest BCUT2D eigenvalue weighted by Crippen LogP contribution is 2.32. The van der Waals surface area contributed by atoms with E-state index in [-0.39, 0.29) is 23.3 Å². The number of benzene rings is 1. The van der Waals surface area contributed by atoms with Crippen LogP contribution in [0.2, 0.25) is 5.28 Å². The van der Waals surface area contributed by atoms with Gasteiger partial charge in [-0.2, -0.15) is 9.97 Å². The maximum absolute atomic E-state index is 13.0. The van der Waals surface area contributed by atoms with Crippen LogP contribution in [0.25, 0.3) is 11.2 Å². The minimum atomic E-state index is -3.72. The van der Waals surface area contributed by atoms with Crippen LogP contribution in [0.3, 0.4) is 0 Å². The largest absolute Gasteiger partial charge is 0.367 e. The molecule has 1 aliphatic carbocycles. The van der Waals surface area contributed by atoms with Crippen molar-refractivity contribution in [2.24, 2.45) is 0 Å². The van der Waals surface area contributed by atoms with Gasteiger partial charge in [-0.3, -0.25) is 0 Å².